The number of hydrogen-bond donors (Lipinski definition) is 2. The van der Waals surface area contributed by atoms with Crippen molar-refractivity contribution in [3.05, 3.63) is 23.8 Å². The normalized spacial score (nSPS) is 12.0. The molecule has 0 unspecified atom stereocenters. The van der Waals surface area contributed by atoms with E-state index in [1.54, 1.807) is 13.0 Å². The molecule has 0 atom stereocenters. The average molecular weight is 328 g/mol. The van der Waals surface area contributed by atoms with Gasteiger partial charge in [-0.05, 0) is 23.6 Å². The number of carbonyl (C=O) groups excluding carboxylic acids is 1. The van der Waals surface area contributed by atoms with Crippen molar-refractivity contribution < 1.29 is 17.9 Å². The number of carbonyl (C=O) groups is 1. The van der Waals surface area contributed by atoms with E-state index in [1.807, 2.05) is 20.8 Å². The van der Waals surface area contributed by atoms with Gasteiger partial charge in [-0.25, -0.2) is 13.1 Å². The van der Waals surface area contributed by atoms with Crippen molar-refractivity contribution in [3.8, 4) is 5.75 Å². The Hall–Kier alpha value is -1.60. The summed E-state index contributed by atoms with van der Waals surface area (Å²) in [7, 11) is -2.32. The number of amides is 1. The maximum absolute atomic E-state index is 12.2. The molecule has 1 amide bonds. The largest absolute Gasteiger partial charge is 0.495 e. The second-order valence-corrected chi connectivity index (χ2v) is 7.85. The van der Waals surface area contributed by atoms with Gasteiger partial charge in [0, 0.05) is 18.7 Å². The van der Waals surface area contributed by atoms with Crippen LogP contribution < -0.4 is 14.8 Å². The van der Waals surface area contributed by atoms with Crippen molar-refractivity contribution in [2.24, 2.45) is 5.41 Å². The van der Waals surface area contributed by atoms with E-state index in [-0.39, 0.29) is 34.1 Å². The van der Waals surface area contributed by atoms with E-state index in [1.165, 1.54) is 19.2 Å². The second-order valence-electron chi connectivity index (χ2n) is 6.11. The molecule has 1 aromatic carbocycles. The molecular weight excluding hydrogens is 304 g/mol. The highest BCUT2D eigenvalue weighted by Gasteiger charge is 2.21. The monoisotopic (exact) mass is 328 g/mol. The number of hydrogen-bond acceptors (Lipinski definition) is 4. The summed E-state index contributed by atoms with van der Waals surface area (Å²) in [5, 5.41) is 2.79. The summed E-state index contributed by atoms with van der Waals surface area (Å²) >= 11 is 0. The van der Waals surface area contributed by atoms with Gasteiger partial charge in [0.1, 0.15) is 10.6 Å². The van der Waals surface area contributed by atoms with Gasteiger partial charge in [0.2, 0.25) is 10.0 Å². The standard InChI is InChI=1S/C15H24N2O4S/c1-6-17-22(19,20)13-9-11(7-8-12(13)21-5)14(18)16-10-15(2,3)4/h7-9,17H,6,10H2,1-5H3,(H,16,18). The van der Waals surface area contributed by atoms with E-state index in [0.717, 1.165) is 0 Å². The zero-order valence-electron chi connectivity index (χ0n) is 13.7. The average Bonchev–Trinajstić information content (AvgIpc) is 2.43. The topological polar surface area (TPSA) is 84.5 Å². The molecule has 22 heavy (non-hydrogen) atoms. The van der Waals surface area contributed by atoms with Crippen LogP contribution in [0.15, 0.2) is 23.1 Å². The van der Waals surface area contributed by atoms with Crippen LogP contribution in [-0.4, -0.2) is 34.5 Å². The van der Waals surface area contributed by atoms with Gasteiger partial charge in [-0.3, -0.25) is 4.79 Å². The number of rotatable bonds is 6. The first-order valence-corrected chi connectivity index (χ1v) is 8.55. The lowest BCUT2D eigenvalue weighted by Gasteiger charge is -2.19. The highest BCUT2D eigenvalue weighted by atomic mass is 32.2. The Morgan fingerprint density at radius 3 is 2.41 bits per heavy atom. The lowest BCUT2D eigenvalue weighted by molar-refractivity contribution is 0.0939. The van der Waals surface area contributed by atoms with Crippen molar-refractivity contribution in [1.82, 2.24) is 10.0 Å². The van der Waals surface area contributed by atoms with Crippen molar-refractivity contribution in [2.75, 3.05) is 20.2 Å². The minimum absolute atomic E-state index is 0.0414. The highest BCUT2D eigenvalue weighted by Crippen LogP contribution is 2.25. The highest BCUT2D eigenvalue weighted by molar-refractivity contribution is 7.89. The minimum Gasteiger partial charge on any atom is -0.495 e. The summed E-state index contributed by atoms with van der Waals surface area (Å²) in [5.41, 5.74) is 0.224. The SMILES string of the molecule is CCNS(=O)(=O)c1cc(C(=O)NCC(C)(C)C)ccc1OC. The first kappa shape index (κ1) is 18.4. The molecule has 6 nitrogen and oxygen atoms in total. The summed E-state index contributed by atoms with van der Waals surface area (Å²) in [6, 6.07) is 4.35. The first-order valence-electron chi connectivity index (χ1n) is 7.06. The molecule has 0 aliphatic carbocycles. The van der Waals surface area contributed by atoms with Crippen LogP contribution in [0.5, 0.6) is 5.75 Å². The number of nitrogens with one attached hydrogen (secondary N) is 2. The molecule has 1 rings (SSSR count). The van der Waals surface area contributed by atoms with Crippen LogP contribution in [0.3, 0.4) is 0 Å². The van der Waals surface area contributed by atoms with E-state index in [2.05, 4.69) is 10.0 Å². The number of methoxy groups -OCH3 is 1. The quantitative estimate of drug-likeness (QED) is 0.833. The van der Waals surface area contributed by atoms with Crippen LogP contribution in [0, 0.1) is 5.41 Å². The molecule has 0 saturated heterocycles. The summed E-state index contributed by atoms with van der Waals surface area (Å²) in [6.45, 7) is 8.44. The molecule has 0 radical (unpaired) electrons. The summed E-state index contributed by atoms with van der Waals surface area (Å²) in [4.78, 5) is 12.1. The van der Waals surface area contributed by atoms with Gasteiger partial charge in [-0.15, -0.1) is 0 Å². The van der Waals surface area contributed by atoms with Crippen LogP contribution in [0.1, 0.15) is 38.1 Å². The smallest absolute Gasteiger partial charge is 0.251 e. The van der Waals surface area contributed by atoms with Crippen molar-refractivity contribution in [1.29, 1.82) is 0 Å². The van der Waals surface area contributed by atoms with Gasteiger partial charge in [0.05, 0.1) is 7.11 Å². The fraction of sp³-hybridized carbons (Fsp3) is 0.533. The fourth-order valence-electron chi connectivity index (χ4n) is 1.74. The molecule has 0 spiro atoms. The molecule has 7 heteroatoms. The van der Waals surface area contributed by atoms with E-state index < -0.39 is 10.0 Å². The summed E-state index contributed by atoms with van der Waals surface area (Å²) < 4.78 is 31.8. The van der Waals surface area contributed by atoms with E-state index in [4.69, 9.17) is 4.74 Å². The molecule has 1 aromatic rings. The molecule has 0 aromatic heterocycles. The number of ether oxygens (including phenoxy) is 1. The zero-order chi connectivity index (χ0) is 17.0. The number of benzene rings is 1. The third-order valence-electron chi connectivity index (χ3n) is 2.83. The summed E-state index contributed by atoms with van der Waals surface area (Å²) in [6.07, 6.45) is 0. The van der Waals surface area contributed by atoms with Crippen LogP contribution in [0.25, 0.3) is 0 Å². The molecule has 0 heterocycles. The van der Waals surface area contributed by atoms with Crippen LogP contribution in [0.4, 0.5) is 0 Å². The van der Waals surface area contributed by atoms with Gasteiger partial charge >= 0.3 is 0 Å². The Balaban J connectivity index is 3.12. The lowest BCUT2D eigenvalue weighted by Crippen LogP contribution is -2.32. The van der Waals surface area contributed by atoms with Crippen molar-refractivity contribution >= 4 is 15.9 Å². The Morgan fingerprint density at radius 1 is 1.27 bits per heavy atom. The van der Waals surface area contributed by atoms with Crippen LogP contribution >= 0.6 is 0 Å². The van der Waals surface area contributed by atoms with Gasteiger partial charge in [0.25, 0.3) is 5.91 Å². The third-order valence-corrected chi connectivity index (χ3v) is 4.40. The Labute approximate surface area is 132 Å². The van der Waals surface area contributed by atoms with Gasteiger partial charge in [-0.1, -0.05) is 27.7 Å². The molecule has 0 aliphatic heterocycles. The minimum atomic E-state index is -3.71. The molecule has 0 bridgehead atoms. The maximum Gasteiger partial charge on any atom is 0.251 e. The predicted molar refractivity (Wildman–Crippen MR) is 85.6 cm³/mol. The number of sulfonamides is 1. The van der Waals surface area contributed by atoms with Gasteiger partial charge in [-0.2, -0.15) is 0 Å². The molecule has 0 fully saturated rings. The Bertz CT molecular complexity index is 633. The van der Waals surface area contributed by atoms with Gasteiger partial charge < -0.3 is 10.1 Å². The first-order chi connectivity index (χ1) is 10.1. The fourth-order valence-corrected chi connectivity index (χ4v) is 2.98. The van der Waals surface area contributed by atoms with Crippen LogP contribution in [0.2, 0.25) is 0 Å². The van der Waals surface area contributed by atoms with Crippen LogP contribution in [-0.2, 0) is 10.0 Å². The van der Waals surface area contributed by atoms with E-state index in [0.29, 0.717) is 6.54 Å². The third kappa shape index (κ3) is 4.99. The summed E-state index contributed by atoms with van der Waals surface area (Å²) in [5.74, 6) is -0.112. The lowest BCUT2D eigenvalue weighted by atomic mass is 9.97. The zero-order valence-corrected chi connectivity index (χ0v) is 14.5. The Morgan fingerprint density at radius 2 is 1.91 bits per heavy atom. The molecular formula is C15H24N2O4S. The van der Waals surface area contributed by atoms with E-state index in [9.17, 15) is 13.2 Å². The molecule has 0 saturated carbocycles. The maximum atomic E-state index is 12.2. The van der Waals surface area contributed by atoms with Crippen molar-refractivity contribution in [2.45, 2.75) is 32.6 Å². The Kier molecular flexibility index (Phi) is 5.96. The predicted octanol–water partition coefficient (Wildman–Crippen LogP) is 1.77. The molecule has 2 N–H and O–H groups in total. The van der Waals surface area contributed by atoms with Gasteiger partial charge in [0.15, 0.2) is 0 Å². The second kappa shape index (κ2) is 7.11. The molecule has 124 valence electrons. The van der Waals surface area contributed by atoms with E-state index >= 15 is 0 Å². The molecule has 0 aliphatic rings. The van der Waals surface area contributed by atoms with Crippen molar-refractivity contribution in [3.63, 3.8) is 0 Å².